The molecule has 0 saturated heterocycles. The average molecular weight is 300 g/mol. The quantitative estimate of drug-likeness (QED) is 0.800. The Morgan fingerprint density at radius 3 is 2.82 bits per heavy atom. The number of rotatable bonds is 3. The third-order valence-corrected chi connectivity index (χ3v) is 4.50. The Morgan fingerprint density at radius 1 is 1.41 bits per heavy atom. The molecule has 0 fully saturated rings. The lowest BCUT2D eigenvalue weighted by Gasteiger charge is -2.36. The maximum Gasteiger partial charge on any atom is 0.122 e. The minimum atomic E-state index is 0.358. The van der Waals surface area contributed by atoms with Crippen LogP contribution in [0.15, 0.2) is 12.4 Å². The van der Waals surface area contributed by atoms with Gasteiger partial charge in [0.25, 0.3) is 0 Å². The highest BCUT2D eigenvalue weighted by molar-refractivity contribution is 9.09. The predicted molar refractivity (Wildman–Crippen MR) is 74.2 cm³/mol. The summed E-state index contributed by atoms with van der Waals surface area (Å²) in [4.78, 5) is 6.94. The van der Waals surface area contributed by atoms with Gasteiger partial charge in [0, 0.05) is 37.4 Å². The SMILES string of the molecule is CC(C)(C)C(CBr)CN1CCn2ccnc2C1. The first-order chi connectivity index (χ1) is 8.00. The molecule has 0 spiro atoms. The Balaban J connectivity index is 1.97. The van der Waals surface area contributed by atoms with Gasteiger partial charge in [0.15, 0.2) is 0 Å². The van der Waals surface area contributed by atoms with E-state index >= 15 is 0 Å². The van der Waals surface area contributed by atoms with Crippen molar-refractivity contribution in [1.82, 2.24) is 14.5 Å². The predicted octanol–water partition coefficient (Wildman–Crippen LogP) is 2.76. The summed E-state index contributed by atoms with van der Waals surface area (Å²) in [6.45, 7) is 11.3. The van der Waals surface area contributed by atoms with Crippen LogP contribution >= 0.6 is 15.9 Å². The zero-order chi connectivity index (χ0) is 12.5. The second-order valence-electron chi connectivity index (χ2n) is 5.99. The maximum absolute atomic E-state index is 4.41. The van der Waals surface area contributed by atoms with Crippen LogP contribution in [-0.4, -0.2) is 32.9 Å². The first-order valence-corrected chi connectivity index (χ1v) is 7.41. The molecule has 17 heavy (non-hydrogen) atoms. The van der Waals surface area contributed by atoms with Gasteiger partial charge in [-0.25, -0.2) is 4.98 Å². The van der Waals surface area contributed by atoms with E-state index in [2.05, 4.69) is 57.3 Å². The van der Waals surface area contributed by atoms with Gasteiger partial charge in [-0.2, -0.15) is 0 Å². The highest BCUT2D eigenvalue weighted by Gasteiger charge is 2.27. The number of hydrogen-bond donors (Lipinski definition) is 0. The Bertz CT molecular complexity index is 367. The summed E-state index contributed by atoms with van der Waals surface area (Å²) in [7, 11) is 0. The van der Waals surface area contributed by atoms with E-state index in [9.17, 15) is 0 Å². The van der Waals surface area contributed by atoms with Gasteiger partial charge in [-0.05, 0) is 11.3 Å². The molecule has 1 aromatic rings. The van der Waals surface area contributed by atoms with Gasteiger partial charge in [-0.3, -0.25) is 4.90 Å². The van der Waals surface area contributed by atoms with Crippen molar-refractivity contribution in [2.75, 3.05) is 18.4 Å². The van der Waals surface area contributed by atoms with Crippen LogP contribution in [0.2, 0.25) is 0 Å². The van der Waals surface area contributed by atoms with Crippen molar-refractivity contribution < 1.29 is 0 Å². The summed E-state index contributed by atoms with van der Waals surface area (Å²) >= 11 is 3.66. The molecule has 0 aliphatic carbocycles. The highest BCUT2D eigenvalue weighted by atomic mass is 79.9. The minimum Gasteiger partial charge on any atom is -0.333 e. The van der Waals surface area contributed by atoms with Crippen LogP contribution in [-0.2, 0) is 13.1 Å². The van der Waals surface area contributed by atoms with E-state index in [4.69, 9.17) is 0 Å². The molecule has 0 saturated carbocycles. The van der Waals surface area contributed by atoms with Crippen LogP contribution in [0.4, 0.5) is 0 Å². The zero-order valence-electron chi connectivity index (χ0n) is 11.0. The fraction of sp³-hybridized carbons (Fsp3) is 0.769. The number of nitrogens with zero attached hydrogens (tertiary/aromatic N) is 3. The molecule has 1 unspecified atom stereocenters. The van der Waals surface area contributed by atoms with Gasteiger partial charge in [0.2, 0.25) is 0 Å². The lowest BCUT2D eigenvalue weighted by atomic mass is 9.81. The van der Waals surface area contributed by atoms with Gasteiger partial charge >= 0.3 is 0 Å². The van der Waals surface area contributed by atoms with Crippen molar-refractivity contribution in [2.45, 2.75) is 33.9 Å². The molecule has 3 nitrogen and oxygen atoms in total. The Hall–Kier alpha value is -0.350. The van der Waals surface area contributed by atoms with E-state index in [1.165, 1.54) is 5.82 Å². The van der Waals surface area contributed by atoms with E-state index in [1.807, 2.05) is 6.20 Å². The van der Waals surface area contributed by atoms with Crippen LogP contribution in [0.5, 0.6) is 0 Å². The molecular weight excluding hydrogens is 278 g/mol. The summed E-state index contributed by atoms with van der Waals surface area (Å²) in [6, 6.07) is 0. The molecule has 2 heterocycles. The molecule has 1 aromatic heterocycles. The summed E-state index contributed by atoms with van der Waals surface area (Å²) < 4.78 is 2.26. The number of halogens is 1. The van der Waals surface area contributed by atoms with Crippen LogP contribution < -0.4 is 0 Å². The second-order valence-corrected chi connectivity index (χ2v) is 6.64. The lowest BCUT2D eigenvalue weighted by Crippen LogP contribution is -2.40. The monoisotopic (exact) mass is 299 g/mol. The van der Waals surface area contributed by atoms with E-state index < -0.39 is 0 Å². The molecule has 1 atom stereocenters. The second kappa shape index (κ2) is 5.11. The van der Waals surface area contributed by atoms with Crippen molar-refractivity contribution in [2.24, 2.45) is 11.3 Å². The number of alkyl halides is 1. The Kier molecular flexibility index (Phi) is 3.93. The smallest absolute Gasteiger partial charge is 0.122 e. The van der Waals surface area contributed by atoms with E-state index in [-0.39, 0.29) is 0 Å². The standard InChI is InChI=1S/C13H22BrN3/c1-13(2,3)11(8-14)9-16-6-7-17-5-4-15-12(17)10-16/h4-5,11H,6-10H2,1-3H3. The number of imidazole rings is 1. The van der Waals surface area contributed by atoms with Crippen molar-refractivity contribution in [3.05, 3.63) is 18.2 Å². The largest absolute Gasteiger partial charge is 0.333 e. The molecule has 0 bridgehead atoms. The van der Waals surface area contributed by atoms with E-state index in [0.29, 0.717) is 11.3 Å². The van der Waals surface area contributed by atoms with Crippen molar-refractivity contribution in [1.29, 1.82) is 0 Å². The molecular formula is C13H22BrN3. The van der Waals surface area contributed by atoms with Crippen molar-refractivity contribution in [3.8, 4) is 0 Å². The molecule has 1 aliphatic heterocycles. The van der Waals surface area contributed by atoms with Gasteiger partial charge in [0.05, 0.1) is 6.54 Å². The van der Waals surface area contributed by atoms with Crippen molar-refractivity contribution in [3.63, 3.8) is 0 Å². The molecule has 96 valence electrons. The number of aromatic nitrogens is 2. The third-order valence-electron chi connectivity index (χ3n) is 3.71. The fourth-order valence-corrected chi connectivity index (χ4v) is 3.42. The van der Waals surface area contributed by atoms with Crippen molar-refractivity contribution >= 4 is 15.9 Å². The maximum atomic E-state index is 4.41. The fourth-order valence-electron chi connectivity index (χ4n) is 2.25. The summed E-state index contributed by atoms with van der Waals surface area (Å²) in [5.74, 6) is 1.89. The van der Waals surface area contributed by atoms with Gasteiger partial charge in [0.1, 0.15) is 5.82 Å². The molecule has 1 aliphatic rings. The van der Waals surface area contributed by atoms with Crippen LogP contribution in [0.1, 0.15) is 26.6 Å². The average Bonchev–Trinajstić information content (AvgIpc) is 2.71. The molecule has 2 rings (SSSR count). The van der Waals surface area contributed by atoms with Crippen LogP contribution in [0.3, 0.4) is 0 Å². The first kappa shape index (κ1) is 13.1. The molecule has 0 aromatic carbocycles. The molecule has 0 radical (unpaired) electrons. The first-order valence-electron chi connectivity index (χ1n) is 6.29. The summed E-state index contributed by atoms with van der Waals surface area (Å²) in [6.07, 6.45) is 3.99. The van der Waals surface area contributed by atoms with Gasteiger partial charge in [-0.15, -0.1) is 0 Å². The Morgan fingerprint density at radius 2 is 2.18 bits per heavy atom. The molecule has 0 amide bonds. The third kappa shape index (κ3) is 3.10. The van der Waals surface area contributed by atoms with E-state index in [1.54, 1.807) is 0 Å². The van der Waals surface area contributed by atoms with Gasteiger partial charge < -0.3 is 4.57 Å². The van der Waals surface area contributed by atoms with Crippen LogP contribution in [0.25, 0.3) is 0 Å². The summed E-state index contributed by atoms with van der Waals surface area (Å²) in [5, 5.41) is 1.07. The summed E-state index contributed by atoms with van der Waals surface area (Å²) in [5.41, 5.74) is 0.358. The van der Waals surface area contributed by atoms with Gasteiger partial charge in [-0.1, -0.05) is 36.7 Å². The number of fused-ring (bicyclic) bond motifs is 1. The topological polar surface area (TPSA) is 21.1 Å². The normalized spacial score (nSPS) is 19.1. The lowest BCUT2D eigenvalue weighted by molar-refractivity contribution is 0.139. The molecule has 4 heteroatoms. The minimum absolute atomic E-state index is 0.358. The van der Waals surface area contributed by atoms with Crippen LogP contribution in [0, 0.1) is 11.3 Å². The Labute approximate surface area is 112 Å². The number of hydrogen-bond acceptors (Lipinski definition) is 2. The molecule has 0 N–H and O–H groups in total. The highest BCUT2D eigenvalue weighted by Crippen LogP contribution is 2.29. The van der Waals surface area contributed by atoms with E-state index in [0.717, 1.165) is 31.5 Å². The zero-order valence-corrected chi connectivity index (χ0v) is 12.6.